The topological polar surface area (TPSA) is 74.9 Å². The van der Waals surface area contributed by atoms with Crippen LogP contribution < -0.4 is 5.73 Å². The Morgan fingerprint density at radius 2 is 1.78 bits per heavy atom. The maximum Gasteiger partial charge on any atom is 0.153 e. The fourth-order valence-electron chi connectivity index (χ4n) is 3.32. The highest BCUT2D eigenvalue weighted by Gasteiger charge is 2.16. The third kappa shape index (κ3) is 3.22. The lowest BCUT2D eigenvalue weighted by molar-refractivity contribution is 0.475. The van der Waals surface area contributed by atoms with Gasteiger partial charge in [0.05, 0.1) is 5.52 Å². The first-order chi connectivity index (χ1) is 12.9. The lowest BCUT2D eigenvalue weighted by Gasteiger charge is -2.15. The number of phenolic OH excluding ortho intramolecular Hbond substituents is 1. The van der Waals surface area contributed by atoms with E-state index in [9.17, 15) is 5.11 Å². The Balaban J connectivity index is 1.97. The Morgan fingerprint density at radius 3 is 2.52 bits per heavy atom. The average Bonchev–Trinajstić information content (AvgIpc) is 3.00. The van der Waals surface area contributed by atoms with E-state index in [4.69, 9.17) is 28.9 Å². The fraction of sp³-hybridized carbons (Fsp3) is 0.0952. The van der Waals surface area contributed by atoms with Gasteiger partial charge in [0.1, 0.15) is 5.75 Å². The highest BCUT2D eigenvalue weighted by Crippen LogP contribution is 2.37. The van der Waals surface area contributed by atoms with Gasteiger partial charge in [-0.1, -0.05) is 35.3 Å². The predicted molar refractivity (Wildman–Crippen MR) is 112 cm³/mol. The molecule has 1 heterocycles. The van der Waals surface area contributed by atoms with Crippen LogP contribution in [0, 0.1) is 6.92 Å². The number of halogens is 2. The van der Waals surface area contributed by atoms with Crippen LogP contribution in [0.2, 0.25) is 10.0 Å². The summed E-state index contributed by atoms with van der Waals surface area (Å²) < 4.78 is 0. The van der Waals surface area contributed by atoms with Crippen molar-refractivity contribution in [2.45, 2.75) is 13.3 Å². The van der Waals surface area contributed by atoms with E-state index in [0.717, 1.165) is 38.7 Å². The molecule has 6 heteroatoms. The summed E-state index contributed by atoms with van der Waals surface area (Å²) in [5.41, 5.74) is 11.6. The zero-order chi connectivity index (χ0) is 19.1. The molecule has 136 valence electrons. The first kappa shape index (κ1) is 17.7. The molecule has 0 spiro atoms. The maximum atomic E-state index is 10.0. The molecule has 4 N–H and O–H groups in total. The molecule has 0 saturated carbocycles. The summed E-state index contributed by atoms with van der Waals surface area (Å²) >= 11 is 12.8. The van der Waals surface area contributed by atoms with Gasteiger partial charge in [0.25, 0.3) is 0 Å². The Morgan fingerprint density at radius 1 is 1.04 bits per heavy atom. The molecule has 0 aliphatic carbocycles. The quantitative estimate of drug-likeness (QED) is 0.413. The van der Waals surface area contributed by atoms with E-state index >= 15 is 0 Å². The molecule has 3 aromatic carbocycles. The van der Waals surface area contributed by atoms with E-state index in [2.05, 4.69) is 10.2 Å². The van der Waals surface area contributed by atoms with Gasteiger partial charge in [0.2, 0.25) is 0 Å². The van der Waals surface area contributed by atoms with Crippen LogP contribution in [-0.4, -0.2) is 15.3 Å². The molecule has 1 aromatic heterocycles. The number of nitrogens with zero attached hydrogens (tertiary/aromatic N) is 1. The van der Waals surface area contributed by atoms with Crippen LogP contribution in [-0.2, 0) is 6.42 Å². The number of aromatic nitrogens is 2. The minimum absolute atomic E-state index is 0.210. The molecule has 0 aliphatic heterocycles. The third-order valence-corrected chi connectivity index (χ3v) is 5.46. The van der Waals surface area contributed by atoms with E-state index in [-0.39, 0.29) is 5.75 Å². The van der Waals surface area contributed by atoms with Crippen molar-refractivity contribution in [3.8, 4) is 16.9 Å². The van der Waals surface area contributed by atoms with Crippen LogP contribution in [0.25, 0.3) is 22.0 Å². The van der Waals surface area contributed by atoms with Crippen LogP contribution >= 0.6 is 23.2 Å². The number of fused-ring (bicyclic) bond motifs is 1. The van der Waals surface area contributed by atoms with E-state index < -0.39 is 0 Å². The van der Waals surface area contributed by atoms with Gasteiger partial charge in [-0.05, 0) is 71.1 Å². The van der Waals surface area contributed by atoms with Gasteiger partial charge in [-0.25, -0.2) is 0 Å². The van der Waals surface area contributed by atoms with Gasteiger partial charge in [0, 0.05) is 21.9 Å². The number of aryl methyl sites for hydroxylation is 1. The van der Waals surface area contributed by atoms with Crippen molar-refractivity contribution in [3.63, 3.8) is 0 Å². The van der Waals surface area contributed by atoms with Crippen LogP contribution in [0.4, 0.5) is 5.82 Å². The van der Waals surface area contributed by atoms with Gasteiger partial charge < -0.3 is 10.8 Å². The largest absolute Gasteiger partial charge is 0.508 e. The summed E-state index contributed by atoms with van der Waals surface area (Å²) in [7, 11) is 0. The standard InChI is InChI=1S/C21H17Cl2N3O/c1-11-5-6-13(27)9-14(11)15-10-20-17(21(24)26-25-20)8-12(15)7-16-18(22)3-2-4-19(16)23/h2-6,8-10,27H,7H2,1H3,(H3,24,25,26). The number of nitrogens with two attached hydrogens (primary N) is 1. The number of nitrogens with one attached hydrogen (secondary N) is 1. The van der Waals surface area contributed by atoms with Gasteiger partial charge in [0.15, 0.2) is 5.82 Å². The molecule has 0 unspecified atom stereocenters. The summed E-state index contributed by atoms with van der Waals surface area (Å²) in [4.78, 5) is 0. The third-order valence-electron chi connectivity index (χ3n) is 4.76. The number of benzene rings is 3. The van der Waals surface area contributed by atoms with Crippen LogP contribution in [0.15, 0.2) is 48.5 Å². The highest BCUT2D eigenvalue weighted by atomic mass is 35.5. The van der Waals surface area contributed by atoms with Crippen LogP contribution in [0.5, 0.6) is 5.75 Å². The second kappa shape index (κ2) is 6.80. The molecule has 0 atom stereocenters. The molecular formula is C21H17Cl2N3O. The number of aromatic hydroxyl groups is 1. The van der Waals surface area contributed by atoms with Gasteiger partial charge >= 0.3 is 0 Å². The van der Waals surface area contributed by atoms with Crippen molar-refractivity contribution in [2.24, 2.45) is 0 Å². The van der Waals surface area contributed by atoms with Crippen molar-refractivity contribution in [3.05, 3.63) is 75.3 Å². The molecule has 4 aromatic rings. The molecule has 0 aliphatic rings. The van der Waals surface area contributed by atoms with Crippen molar-refractivity contribution in [1.29, 1.82) is 0 Å². The fourth-order valence-corrected chi connectivity index (χ4v) is 3.85. The van der Waals surface area contributed by atoms with E-state index in [1.807, 2.05) is 43.3 Å². The maximum absolute atomic E-state index is 10.0. The normalized spacial score (nSPS) is 11.2. The predicted octanol–water partition coefficient (Wildman–Crippen LogP) is 5.72. The number of H-pyrrole nitrogens is 1. The Hall–Kier alpha value is -2.69. The number of hydrogen-bond donors (Lipinski definition) is 3. The molecule has 0 radical (unpaired) electrons. The van der Waals surface area contributed by atoms with Gasteiger partial charge in [-0.15, -0.1) is 0 Å². The number of nitrogen functional groups attached to an aromatic ring is 1. The van der Waals surface area contributed by atoms with E-state index in [1.54, 1.807) is 12.1 Å². The second-order valence-electron chi connectivity index (χ2n) is 6.54. The van der Waals surface area contributed by atoms with Crippen molar-refractivity contribution >= 4 is 39.9 Å². The highest BCUT2D eigenvalue weighted by molar-refractivity contribution is 6.36. The Labute approximate surface area is 166 Å². The summed E-state index contributed by atoms with van der Waals surface area (Å²) in [6.07, 6.45) is 0.531. The molecule has 0 fully saturated rings. The zero-order valence-corrected chi connectivity index (χ0v) is 16.1. The van der Waals surface area contributed by atoms with Crippen molar-refractivity contribution < 1.29 is 5.11 Å². The molecule has 0 saturated heterocycles. The Bertz CT molecular complexity index is 1150. The first-order valence-corrected chi connectivity index (χ1v) is 9.19. The SMILES string of the molecule is Cc1ccc(O)cc1-c1cc2[nH]nc(N)c2cc1Cc1c(Cl)cccc1Cl. The number of phenols is 1. The number of anilines is 1. The second-order valence-corrected chi connectivity index (χ2v) is 7.35. The zero-order valence-electron chi connectivity index (χ0n) is 14.6. The number of hydrogen-bond acceptors (Lipinski definition) is 3. The monoisotopic (exact) mass is 397 g/mol. The van der Waals surface area contributed by atoms with Gasteiger partial charge in [-0.2, -0.15) is 5.10 Å². The molecule has 0 bridgehead atoms. The summed E-state index contributed by atoms with van der Waals surface area (Å²) in [6, 6.07) is 14.8. The summed E-state index contributed by atoms with van der Waals surface area (Å²) in [5.74, 6) is 0.650. The van der Waals surface area contributed by atoms with Crippen LogP contribution in [0.3, 0.4) is 0 Å². The van der Waals surface area contributed by atoms with Crippen molar-refractivity contribution in [2.75, 3.05) is 5.73 Å². The lowest BCUT2D eigenvalue weighted by atomic mass is 9.91. The van der Waals surface area contributed by atoms with E-state index in [1.165, 1.54) is 0 Å². The minimum atomic E-state index is 0.210. The molecule has 0 amide bonds. The summed E-state index contributed by atoms with van der Waals surface area (Å²) in [5, 5.41) is 19.1. The van der Waals surface area contributed by atoms with Crippen molar-refractivity contribution in [1.82, 2.24) is 10.2 Å². The lowest BCUT2D eigenvalue weighted by Crippen LogP contribution is -1.97. The number of rotatable bonds is 3. The van der Waals surface area contributed by atoms with Crippen LogP contribution in [0.1, 0.15) is 16.7 Å². The molecule has 4 rings (SSSR count). The molecular weight excluding hydrogens is 381 g/mol. The minimum Gasteiger partial charge on any atom is -0.508 e. The molecule has 4 nitrogen and oxygen atoms in total. The smallest absolute Gasteiger partial charge is 0.153 e. The first-order valence-electron chi connectivity index (χ1n) is 8.43. The average molecular weight is 398 g/mol. The summed E-state index contributed by atoms with van der Waals surface area (Å²) in [6.45, 7) is 2.01. The van der Waals surface area contributed by atoms with E-state index in [0.29, 0.717) is 22.3 Å². The number of aromatic amines is 1. The Kier molecular flexibility index (Phi) is 4.46. The molecule has 27 heavy (non-hydrogen) atoms. The van der Waals surface area contributed by atoms with Gasteiger partial charge in [-0.3, -0.25) is 5.10 Å².